The van der Waals surface area contributed by atoms with Gasteiger partial charge in [-0.1, -0.05) is 42.8 Å². The van der Waals surface area contributed by atoms with E-state index >= 15 is 0 Å². The molecule has 90 valence electrons. The van der Waals surface area contributed by atoms with Crippen molar-refractivity contribution < 1.29 is 0 Å². The van der Waals surface area contributed by atoms with E-state index < -0.39 is 0 Å². The van der Waals surface area contributed by atoms with Crippen molar-refractivity contribution >= 4 is 15.9 Å². The summed E-state index contributed by atoms with van der Waals surface area (Å²) in [5, 5.41) is 3.43. The molecule has 1 aromatic rings. The SMILES string of the molecule is CNC(c1cc(C)c(Br)cc1C)C(C)(C)C. The topological polar surface area (TPSA) is 12.0 Å². The van der Waals surface area contributed by atoms with Crippen LogP contribution in [0.1, 0.15) is 43.5 Å². The van der Waals surface area contributed by atoms with Gasteiger partial charge in [0.1, 0.15) is 0 Å². The van der Waals surface area contributed by atoms with E-state index in [0.29, 0.717) is 6.04 Å². The monoisotopic (exact) mass is 283 g/mol. The first-order valence-electron chi connectivity index (χ1n) is 5.71. The second-order valence-electron chi connectivity index (χ2n) is 5.55. The van der Waals surface area contributed by atoms with Crippen molar-refractivity contribution in [2.45, 2.75) is 40.7 Å². The molecular formula is C14H22BrN. The number of benzene rings is 1. The molecule has 1 rings (SSSR count). The number of rotatable bonds is 2. The number of hydrogen-bond acceptors (Lipinski definition) is 1. The molecule has 0 bridgehead atoms. The van der Waals surface area contributed by atoms with Gasteiger partial charge in [0.15, 0.2) is 0 Å². The maximum absolute atomic E-state index is 3.58. The average molecular weight is 284 g/mol. The third kappa shape index (κ3) is 2.86. The molecule has 0 saturated heterocycles. The largest absolute Gasteiger partial charge is 0.313 e. The lowest BCUT2D eigenvalue weighted by Crippen LogP contribution is -2.30. The van der Waals surface area contributed by atoms with Gasteiger partial charge in [-0.05, 0) is 49.1 Å². The van der Waals surface area contributed by atoms with E-state index in [0.717, 1.165) is 0 Å². The van der Waals surface area contributed by atoms with E-state index in [1.165, 1.54) is 21.2 Å². The molecule has 0 spiro atoms. The zero-order valence-corrected chi connectivity index (χ0v) is 12.7. The third-order valence-electron chi connectivity index (χ3n) is 3.01. The fourth-order valence-electron chi connectivity index (χ4n) is 2.17. The average Bonchev–Trinajstić information content (AvgIpc) is 2.12. The second kappa shape index (κ2) is 4.89. The molecule has 1 aromatic carbocycles. The molecule has 0 saturated carbocycles. The highest BCUT2D eigenvalue weighted by Crippen LogP contribution is 2.35. The maximum atomic E-state index is 3.58. The lowest BCUT2D eigenvalue weighted by atomic mass is 9.80. The smallest absolute Gasteiger partial charge is 0.0369 e. The molecule has 0 aliphatic carbocycles. The van der Waals surface area contributed by atoms with Crippen molar-refractivity contribution in [2.75, 3.05) is 7.05 Å². The molecule has 1 N–H and O–H groups in total. The van der Waals surface area contributed by atoms with Crippen LogP contribution >= 0.6 is 15.9 Å². The summed E-state index contributed by atoms with van der Waals surface area (Å²) in [5.41, 5.74) is 4.26. The lowest BCUT2D eigenvalue weighted by Gasteiger charge is -2.32. The molecule has 0 heterocycles. The first kappa shape index (κ1) is 13.7. The number of nitrogens with one attached hydrogen (secondary N) is 1. The minimum Gasteiger partial charge on any atom is -0.313 e. The van der Waals surface area contributed by atoms with Gasteiger partial charge in [-0.2, -0.15) is 0 Å². The number of aryl methyl sites for hydroxylation is 2. The Bertz CT molecular complexity index is 377. The summed E-state index contributed by atoms with van der Waals surface area (Å²) in [7, 11) is 2.03. The minimum atomic E-state index is 0.222. The summed E-state index contributed by atoms with van der Waals surface area (Å²) < 4.78 is 1.19. The first-order chi connectivity index (χ1) is 7.27. The van der Waals surface area contributed by atoms with Gasteiger partial charge in [0.05, 0.1) is 0 Å². The predicted molar refractivity (Wildman–Crippen MR) is 74.9 cm³/mol. The van der Waals surface area contributed by atoms with Gasteiger partial charge in [0.25, 0.3) is 0 Å². The highest BCUT2D eigenvalue weighted by Gasteiger charge is 2.26. The van der Waals surface area contributed by atoms with Crippen molar-refractivity contribution in [3.63, 3.8) is 0 Å². The van der Waals surface area contributed by atoms with Gasteiger partial charge < -0.3 is 5.32 Å². The summed E-state index contributed by atoms with van der Waals surface area (Å²) in [6, 6.07) is 4.88. The molecule has 0 aliphatic rings. The van der Waals surface area contributed by atoms with Gasteiger partial charge in [0, 0.05) is 10.5 Å². The molecular weight excluding hydrogens is 262 g/mol. The van der Waals surface area contributed by atoms with Gasteiger partial charge in [-0.3, -0.25) is 0 Å². The van der Waals surface area contributed by atoms with Crippen LogP contribution in [0.15, 0.2) is 16.6 Å². The summed E-state index contributed by atoms with van der Waals surface area (Å²) in [5.74, 6) is 0. The molecule has 0 amide bonds. The first-order valence-corrected chi connectivity index (χ1v) is 6.50. The fourth-order valence-corrected chi connectivity index (χ4v) is 2.63. The molecule has 2 heteroatoms. The van der Waals surface area contributed by atoms with Crippen LogP contribution in [0.5, 0.6) is 0 Å². The molecule has 0 aromatic heterocycles. The normalized spacial score (nSPS) is 13.9. The van der Waals surface area contributed by atoms with Crippen LogP contribution in [0.3, 0.4) is 0 Å². The van der Waals surface area contributed by atoms with E-state index in [-0.39, 0.29) is 5.41 Å². The van der Waals surface area contributed by atoms with Gasteiger partial charge in [0.2, 0.25) is 0 Å². The Labute approximate surface area is 108 Å². The summed E-state index contributed by atoms with van der Waals surface area (Å²) in [6.45, 7) is 11.1. The Balaban J connectivity index is 3.26. The second-order valence-corrected chi connectivity index (χ2v) is 6.40. The van der Waals surface area contributed by atoms with Crippen molar-refractivity contribution in [3.05, 3.63) is 33.3 Å². The highest BCUT2D eigenvalue weighted by atomic mass is 79.9. The van der Waals surface area contributed by atoms with Crippen molar-refractivity contribution in [1.82, 2.24) is 5.32 Å². The number of hydrogen-bond donors (Lipinski definition) is 1. The number of halogens is 1. The van der Waals surface area contributed by atoms with Crippen LogP contribution in [-0.4, -0.2) is 7.05 Å². The molecule has 0 radical (unpaired) electrons. The van der Waals surface area contributed by atoms with Crippen molar-refractivity contribution in [1.29, 1.82) is 0 Å². The van der Waals surface area contributed by atoms with Crippen LogP contribution in [0.4, 0.5) is 0 Å². The van der Waals surface area contributed by atoms with E-state index in [1.807, 2.05) is 7.05 Å². The van der Waals surface area contributed by atoms with E-state index in [4.69, 9.17) is 0 Å². The van der Waals surface area contributed by atoms with E-state index in [1.54, 1.807) is 0 Å². The van der Waals surface area contributed by atoms with Gasteiger partial charge in [-0.25, -0.2) is 0 Å². The minimum absolute atomic E-state index is 0.222. The molecule has 0 fully saturated rings. The molecule has 1 nitrogen and oxygen atoms in total. The highest BCUT2D eigenvalue weighted by molar-refractivity contribution is 9.10. The van der Waals surface area contributed by atoms with Crippen LogP contribution in [0, 0.1) is 19.3 Å². The quantitative estimate of drug-likeness (QED) is 0.850. The van der Waals surface area contributed by atoms with Crippen LogP contribution in [0.2, 0.25) is 0 Å². The Morgan fingerprint density at radius 1 is 1.12 bits per heavy atom. The molecule has 1 unspecified atom stereocenters. The molecule has 1 atom stereocenters. The van der Waals surface area contributed by atoms with Crippen molar-refractivity contribution in [3.8, 4) is 0 Å². The zero-order chi connectivity index (χ0) is 12.5. The standard InChI is InChI=1S/C14H22BrN/c1-9-8-12(15)10(2)7-11(9)13(16-6)14(3,4)5/h7-8,13,16H,1-6H3. The van der Waals surface area contributed by atoms with Gasteiger partial charge >= 0.3 is 0 Å². The van der Waals surface area contributed by atoms with E-state index in [2.05, 4.69) is 68.0 Å². The van der Waals surface area contributed by atoms with Gasteiger partial charge in [-0.15, -0.1) is 0 Å². The summed E-state index contributed by atoms with van der Waals surface area (Å²) in [4.78, 5) is 0. The molecule has 16 heavy (non-hydrogen) atoms. The Hall–Kier alpha value is -0.340. The molecule has 0 aliphatic heterocycles. The Morgan fingerprint density at radius 3 is 2.12 bits per heavy atom. The van der Waals surface area contributed by atoms with Crippen LogP contribution in [0.25, 0.3) is 0 Å². The van der Waals surface area contributed by atoms with Crippen LogP contribution < -0.4 is 5.32 Å². The third-order valence-corrected chi connectivity index (χ3v) is 3.87. The van der Waals surface area contributed by atoms with Crippen LogP contribution in [-0.2, 0) is 0 Å². The zero-order valence-electron chi connectivity index (χ0n) is 11.1. The fraction of sp³-hybridized carbons (Fsp3) is 0.571. The maximum Gasteiger partial charge on any atom is 0.0369 e. The van der Waals surface area contributed by atoms with E-state index in [9.17, 15) is 0 Å². The summed E-state index contributed by atoms with van der Waals surface area (Å²) in [6.07, 6.45) is 0. The summed E-state index contributed by atoms with van der Waals surface area (Å²) >= 11 is 3.58. The predicted octanol–water partition coefficient (Wildman–Crippen LogP) is 4.37. The Kier molecular flexibility index (Phi) is 4.19. The van der Waals surface area contributed by atoms with Crippen molar-refractivity contribution in [2.24, 2.45) is 5.41 Å². The Morgan fingerprint density at radius 2 is 1.69 bits per heavy atom. The lowest BCUT2D eigenvalue weighted by molar-refractivity contribution is 0.286.